The van der Waals surface area contributed by atoms with Gasteiger partial charge in [0.25, 0.3) is 0 Å². The van der Waals surface area contributed by atoms with Gasteiger partial charge >= 0.3 is 0 Å². The van der Waals surface area contributed by atoms with E-state index in [2.05, 4.69) is 20.4 Å². The van der Waals surface area contributed by atoms with Crippen LogP contribution in [-0.2, 0) is 14.3 Å². The number of Topliss-reactive ketones (excluding diaryl/α,β-unsaturated/α-hetero) is 1. The Morgan fingerprint density at radius 2 is 1.87 bits per heavy atom. The molecule has 0 unspecified atom stereocenters. The predicted octanol–water partition coefficient (Wildman–Crippen LogP) is 3.65. The number of hydrogen-bond acceptors (Lipinski definition) is 3. The number of carbonyl (C=O) groups excluding carboxylic acids is 1. The Balaban J connectivity index is 1.59. The number of ether oxygens (including phenoxy) is 2. The number of fused-ring (bicyclic) bond motifs is 6. The highest BCUT2D eigenvalue weighted by Gasteiger charge is 2.65. The molecular weight excluding hydrogens is 288 g/mol. The summed E-state index contributed by atoms with van der Waals surface area (Å²) in [4.78, 5) is 13.2. The van der Waals surface area contributed by atoms with Crippen molar-refractivity contribution in [3.63, 3.8) is 0 Å². The highest BCUT2D eigenvalue weighted by molar-refractivity contribution is 6.02. The quantitative estimate of drug-likeness (QED) is 0.640. The summed E-state index contributed by atoms with van der Waals surface area (Å²) in [7, 11) is 0. The number of allylic oxidation sites excluding steroid dienone is 2. The van der Waals surface area contributed by atoms with Gasteiger partial charge < -0.3 is 9.47 Å². The summed E-state index contributed by atoms with van der Waals surface area (Å²) < 4.78 is 11.9. The number of carbonyl (C=O) groups is 1. The van der Waals surface area contributed by atoms with Gasteiger partial charge in [0, 0.05) is 18.8 Å². The van der Waals surface area contributed by atoms with Gasteiger partial charge in [-0.1, -0.05) is 31.6 Å². The van der Waals surface area contributed by atoms with E-state index < -0.39 is 5.79 Å². The number of ketones is 1. The third-order valence-electron chi connectivity index (χ3n) is 7.57. The smallest absolute Gasteiger partial charge is 0.172 e. The summed E-state index contributed by atoms with van der Waals surface area (Å²) in [5, 5.41) is 0. The zero-order valence-corrected chi connectivity index (χ0v) is 14.2. The largest absolute Gasteiger partial charge is 0.347 e. The second-order valence-corrected chi connectivity index (χ2v) is 8.81. The van der Waals surface area contributed by atoms with Crippen molar-refractivity contribution in [3.8, 4) is 0 Å². The molecule has 1 saturated heterocycles. The van der Waals surface area contributed by atoms with Crippen LogP contribution in [0, 0.1) is 29.1 Å². The lowest BCUT2D eigenvalue weighted by Crippen LogP contribution is -2.37. The van der Waals surface area contributed by atoms with Crippen LogP contribution in [0.5, 0.6) is 0 Å². The van der Waals surface area contributed by atoms with Gasteiger partial charge in [0.1, 0.15) is 0 Å². The van der Waals surface area contributed by atoms with E-state index in [1.807, 2.05) is 0 Å². The van der Waals surface area contributed by atoms with Crippen LogP contribution in [0.4, 0.5) is 0 Å². The van der Waals surface area contributed by atoms with Crippen molar-refractivity contribution in [1.82, 2.24) is 0 Å². The molecule has 0 aromatic rings. The van der Waals surface area contributed by atoms with Gasteiger partial charge in [-0.05, 0) is 48.0 Å². The molecule has 3 fully saturated rings. The summed E-state index contributed by atoms with van der Waals surface area (Å²) in [6.07, 6.45) is 4.79. The summed E-state index contributed by atoms with van der Waals surface area (Å²) >= 11 is 0. The lowest BCUT2D eigenvalue weighted by atomic mass is 9.63. The van der Waals surface area contributed by atoms with E-state index in [9.17, 15) is 4.79 Å². The summed E-state index contributed by atoms with van der Waals surface area (Å²) in [5.41, 5.74) is 4.03. The van der Waals surface area contributed by atoms with Crippen molar-refractivity contribution in [1.29, 1.82) is 0 Å². The van der Waals surface area contributed by atoms with Gasteiger partial charge in [-0.25, -0.2) is 0 Å². The predicted molar refractivity (Wildman–Crippen MR) is 86.6 cm³/mol. The summed E-state index contributed by atoms with van der Waals surface area (Å²) in [6.45, 7) is 10.5. The van der Waals surface area contributed by atoms with E-state index in [0.717, 1.165) is 31.3 Å². The third-order valence-corrected chi connectivity index (χ3v) is 7.57. The van der Waals surface area contributed by atoms with E-state index in [1.165, 1.54) is 17.6 Å². The molecule has 3 nitrogen and oxygen atoms in total. The lowest BCUT2D eigenvalue weighted by Gasteiger charge is -2.42. The zero-order valence-electron chi connectivity index (χ0n) is 14.2. The monoisotopic (exact) mass is 314 g/mol. The Kier molecular flexibility index (Phi) is 2.74. The molecule has 0 aromatic carbocycles. The first kappa shape index (κ1) is 14.4. The van der Waals surface area contributed by atoms with Crippen molar-refractivity contribution in [2.24, 2.45) is 29.1 Å². The summed E-state index contributed by atoms with van der Waals surface area (Å²) in [6, 6.07) is 0. The van der Waals surface area contributed by atoms with Crippen LogP contribution in [0.3, 0.4) is 0 Å². The molecule has 2 saturated carbocycles. The Bertz CT molecular complexity index is 635. The van der Waals surface area contributed by atoms with Crippen LogP contribution in [0.25, 0.3) is 0 Å². The molecule has 23 heavy (non-hydrogen) atoms. The lowest BCUT2D eigenvalue weighted by molar-refractivity contribution is -0.164. The van der Waals surface area contributed by atoms with Gasteiger partial charge in [0.05, 0.1) is 13.2 Å². The minimum Gasteiger partial charge on any atom is -0.347 e. The topological polar surface area (TPSA) is 35.5 Å². The SMILES string of the molecule is C=C1CC[C@H]2[C@H]3C4=C(CCC5(C4)OCCO5)C(=O)[C@H]3[C@@H]1C2(C)C. The molecule has 0 N–H and O–H groups in total. The maximum absolute atomic E-state index is 13.2. The first-order chi connectivity index (χ1) is 10.9. The molecule has 1 spiro atoms. The van der Waals surface area contributed by atoms with Gasteiger partial charge in [0.2, 0.25) is 0 Å². The van der Waals surface area contributed by atoms with Crippen molar-refractivity contribution >= 4 is 5.78 Å². The van der Waals surface area contributed by atoms with Crippen LogP contribution in [-0.4, -0.2) is 24.8 Å². The van der Waals surface area contributed by atoms with Gasteiger partial charge in [-0.2, -0.15) is 0 Å². The number of rotatable bonds is 0. The van der Waals surface area contributed by atoms with Crippen LogP contribution in [0.15, 0.2) is 23.3 Å². The van der Waals surface area contributed by atoms with Crippen LogP contribution in [0.1, 0.15) is 46.0 Å². The molecule has 3 heteroatoms. The van der Waals surface area contributed by atoms with E-state index in [-0.39, 0.29) is 11.3 Å². The Morgan fingerprint density at radius 3 is 2.61 bits per heavy atom. The van der Waals surface area contributed by atoms with E-state index in [1.54, 1.807) is 0 Å². The highest BCUT2D eigenvalue weighted by atomic mass is 16.7. The van der Waals surface area contributed by atoms with Crippen LogP contribution < -0.4 is 0 Å². The maximum Gasteiger partial charge on any atom is 0.172 e. The summed E-state index contributed by atoms with van der Waals surface area (Å²) in [5.74, 6) is 1.56. The van der Waals surface area contributed by atoms with E-state index >= 15 is 0 Å². The molecule has 4 atom stereocenters. The molecule has 2 bridgehead atoms. The minimum atomic E-state index is -0.425. The third kappa shape index (κ3) is 1.65. The molecule has 4 aliphatic carbocycles. The Morgan fingerprint density at radius 1 is 1.13 bits per heavy atom. The van der Waals surface area contributed by atoms with Crippen LogP contribution in [0.2, 0.25) is 0 Å². The standard InChI is InChI=1S/C20H26O3/c1-11-4-5-14-15-13-10-20(22-8-9-23-20)7-6-12(13)18(21)16(15)17(11)19(14,2)3/h14-17H,1,4-10H2,2-3H3/t14-,15+,16+,17+/m0/s1. The Hall–Kier alpha value is -0.930. The normalized spacial score (nSPS) is 43.2. The second kappa shape index (κ2) is 4.37. The van der Waals surface area contributed by atoms with Crippen molar-refractivity contribution in [2.45, 2.75) is 51.7 Å². The van der Waals surface area contributed by atoms with Crippen LogP contribution >= 0.6 is 0 Å². The fourth-order valence-electron chi connectivity index (χ4n) is 6.72. The first-order valence-electron chi connectivity index (χ1n) is 9.16. The molecule has 5 aliphatic rings. The number of hydrogen-bond donors (Lipinski definition) is 0. The fourth-order valence-corrected chi connectivity index (χ4v) is 6.72. The molecular formula is C20H26O3. The molecule has 1 aliphatic heterocycles. The molecule has 0 aromatic heterocycles. The maximum atomic E-state index is 13.2. The minimum absolute atomic E-state index is 0.159. The molecule has 0 amide bonds. The van der Waals surface area contributed by atoms with E-state index in [0.29, 0.717) is 36.8 Å². The highest BCUT2D eigenvalue weighted by Crippen LogP contribution is 2.68. The molecule has 124 valence electrons. The second-order valence-electron chi connectivity index (χ2n) is 8.81. The molecule has 0 radical (unpaired) electrons. The molecule has 1 heterocycles. The fraction of sp³-hybridized carbons (Fsp3) is 0.750. The molecule has 5 rings (SSSR count). The Labute approximate surface area is 138 Å². The average molecular weight is 314 g/mol. The van der Waals surface area contributed by atoms with Gasteiger partial charge in [0.15, 0.2) is 11.6 Å². The van der Waals surface area contributed by atoms with Gasteiger partial charge in [-0.15, -0.1) is 0 Å². The van der Waals surface area contributed by atoms with Crippen molar-refractivity contribution in [2.75, 3.05) is 13.2 Å². The average Bonchev–Trinajstić information content (AvgIpc) is 3.07. The van der Waals surface area contributed by atoms with Crippen molar-refractivity contribution in [3.05, 3.63) is 23.3 Å². The zero-order chi connectivity index (χ0) is 16.0. The van der Waals surface area contributed by atoms with Crippen molar-refractivity contribution < 1.29 is 14.3 Å². The van der Waals surface area contributed by atoms with E-state index in [4.69, 9.17) is 9.47 Å². The van der Waals surface area contributed by atoms with Gasteiger partial charge in [-0.3, -0.25) is 4.79 Å². The first-order valence-corrected chi connectivity index (χ1v) is 9.16.